The standard InChI is InChI=1S/C10H8F3NO/c1-5(2)15-10-8(12)3-7(11)6(4-14)9(10)13/h3,5H,1-2H3. The molecular weight excluding hydrogens is 207 g/mol. The van der Waals surface area contributed by atoms with Crippen LogP contribution in [0.2, 0.25) is 0 Å². The fourth-order valence-electron chi connectivity index (χ4n) is 1.02. The van der Waals surface area contributed by atoms with E-state index in [1.807, 2.05) is 0 Å². The van der Waals surface area contributed by atoms with Gasteiger partial charge in [0.2, 0.25) is 0 Å². The molecule has 0 unspecified atom stereocenters. The molecule has 80 valence electrons. The van der Waals surface area contributed by atoms with E-state index in [0.29, 0.717) is 6.07 Å². The van der Waals surface area contributed by atoms with E-state index in [1.54, 1.807) is 13.8 Å². The lowest BCUT2D eigenvalue weighted by molar-refractivity contribution is 0.218. The van der Waals surface area contributed by atoms with E-state index in [0.717, 1.165) is 0 Å². The van der Waals surface area contributed by atoms with E-state index in [-0.39, 0.29) is 0 Å². The molecule has 0 bridgehead atoms. The molecule has 0 aliphatic heterocycles. The lowest BCUT2D eigenvalue weighted by Crippen LogP contribution is -2.10. The minimum atomic E-state index is -1.30. The van der Waals surface area contributed by atoms with Crippen molar-refractivity contribution in [2.24, 2.45) is 0 Å². The molecule has 15 heavy (non-hydrogen) atoms. The third-order valence-corrected chi connectivity index (χ3v) is 1.59. The van der Waals surface area contributed by atoms with E-state index in [2.05, 4.69) is 0 Å². The maximum absolute atomic E-state index is 13.3. The lowest BCUT2D eigenvalue weighted by atomic mass is 10.2. The van der Waals surface area contributed by atoms with Crippen LogP contribution in [0.4, 0.5) is 13.2 Å². The van der Waals surface area contributed by atoms with Crippen molar-refractivity contribution >= 4 is 0 Å². The summed E-state index contributed by atoms with van der Waals surface area (Å²) < 4.78 is 44.1. The van der Waals surface area contributed by atoms with Crippen molar-refractivity contribution in [1.82, 2.24) is 0 Å². The van der Waals surface area contributed by atoms with Gasteiger partial charge in [0, 0.05) is 6.07 Å². The summed E-state index contributed by atoms with van der Waals surface area (Å²) in [6.07, 6.45) is -0.467. The Morgan fingerprint density at radius 2 is 1.87 bits per heavy atom. The number of hydrogen-bond donors (Lipinski definition) is 0. The van der Waals surface area contributed by atoms with Crippen LogP contribution in [0.3, 0.4) is 0 Å². The van der Waals surface area contributed by atoms with Gasteiger partial charge in [-0.05, 0) is 13.8 Å². The summed E-state index contributed by atoms with van der Waals surface area (Å²) in [7, 11) is 0. The van der Waals surface area contributed by atoms with Crippen molar-refractivity contribution in [3.05, 3.63) is 29.1 Å². The lowest BCUT2D eigenvalue weighted by Gasteiger charge is -2.12. The van der Waals surface area contributed by atoms with Gasteiger partial charge in [-0.2, -0.15) is 5.26 Å². The molecule has 1 aromatic carbocycles. The van der Waals surface area contributed by atoms with Crippen LogP contribution in [0.25, 0.3) is 0 Å². The van der Waals surface area contributed by atoms with Gasteiger partial charge in [-0.1, -0.05) is 0 Å². The molecular formula is C10H8F3NO. The fraction of sp³-hybridized carbons (Fsp3) is 0.300. The van der Waals surface area contributed by atoms with E-state index in [1.165, 1.54) is 6.07 Å². The molecule has 0 N–H and O–H groups in total. The minimum absolute atomic E-state index is 0.430. The number of nitriles is 1. The molecule has 1 aromatic rings. The maximum atomic E-state index is 13.3. The molecule has 0 saturated carbocycles. The Bertz CT molecular complexity index is 424. The molecule has 0 aromatic heterocycles. The molecule has 0 heterocycles. The zero-order valence-corrected chi connectivity index (χ0v) is 8.14. The van der Waals surface area contributed by atoms with Crippen LogP contribution in [0, 0.1) is 28.8 Å². The van der Waals surface area contributed by atoms with E-state index >= 15 is 0 Å². The Hall–Kier alpha value is -1.70. The second-order valence-corrected chi connectivity index (χ2v) is 3.14. The highest BCUT2D eigenvalue weighted by atomic mass is 19.1. The highest BCUT2D eigenvalue weighted by Crippen LogP contribution is 2.27. The van der Waals surface area contributed by atoms with Gasteiger partial charge in [0.15, 0.2) is 17.4 Å². The molecule has 2 nitrogen and oxygen atoms in total. The summed E-state index contributed by atoms with van der Waals surface area (Å²) in [5, 5.41) is 8.44. The first kappa shape index (κ1) is 11.4. The number of hydrogen-bond acceptors (Lipinski definition) is 2. The van der Waals surface area contributed by atoms with Crippen LogP contribution >= 0.6 is 0 Å². The van der Waals surface area contributed by atoms with Gasteiger partial charge in [-0.15, -0.1) is 0 Å². The van der Waals surface area contributed by atoms with Gasteiger partial charge < -0.3 is 4.74 Å². The molecule has 0 aliphatic carbocycles. The van der Waals surface area contributed by atoms with Gasteiger partial charge in [-0.25, -0.2) is 13.2 Å². The summed E-state index contributed by atoms with van der Waals surface area (Å²) in [4.78, 5) is 0. The Morgan fingerprint density at radius 1 is 1.27 bits per heavy atom. The van der Waals surface area contributed by atoms with E-state index < -0.39 is 34.9 Å². The summed E-state index contributed by atoms with van der Waals surface area (Å²) in [6, 6.07) is 1.74. The average molecular weight is 215 g/mol. The van der Waals surface area contributed by atoms with Crippen molar-refractivity contribution < 1.29 is 17.9 Å². The van der Waals surface area contributed by atoms with E-state index in [4.69, 9.17) is 10.00 Å². The van der Waals surface area contributed by atoms with Gasteiger partial charge in [0.05, 0.1) is 6.10 Å². The van der Waals surface area contributed by atoms with Gasteiger partial charge in [0.1, 0.15) is 17.4 Å². The van der Waals surface area contributed by atoms with Crippen molar-refractivity contribution in [3.63, 3.8) is 0 Å². The van der Waals surface area contributed by atoms with Crippen LogP contribution in [0.5, 0.6) is 5.75 Å². The number of halogens is 3. The van der Waals surface area contributed by atoms with Crippen LogP contribution < -0.4 is 4.74 Å². The van der Waals surface area contributed by atoms with Crippen molar-refractivity contribution in [2.45, 2.75) is 20.0 Å². The van der Waals surface area contributed by atoms with Crippen LogP contribution in [0.15, 0.2) is 6.07 Å². The zero-order valence-electron chi connectivity index (χ0n) is 8.14. The first-order valence-corrected chi connectivity index (χ1v) is 4.21. The van der Waals surface area contributed by atoms with Crippen molar-refractivity contribution in [2.75, 3.05) is 0 Å². The SMILES string of the molecule is CC(C)Oc1c(F)cc(F)c(C#N)c1F. The smallest absolute Gasteiger partial charge is 0.192 e. The quantitative estimate of drug-likeness (QED) is 0.759. The predicted molar refractivity (Wildman–Crippen MR) is 46.8 cm³/mol. The first-order chi connectivity index (χ1) is 6.97. The minimum Gasteiger partial charge on any atom is -0.485 e. The number of ether oxygens (including phenoxy) is 1. The molecule has 1 rings (SSSR count). The molecule has 0 spiro atoms. The summed E-state index contributed by atoms with van der Waals surface area (Å²) in [5.74, 6) is -4.41. The Morgan fingerprint density at radius 3 is 2.33 bits per heavy atom. The molecule has 0 atom stereocenters. The highest BCUT2D eigenvalue weighted by Gasteiger charge is 2.20. The largest absolute Gasteiger partial charge is 0.485 e. The third-order valence-electron chi connectivity index (χ3n) is 1.59. The molecule has 0 amide bonds. The van der Waals surface area contributed by atoms with Gasteiger partial charge in [-0.3, -0.25) is 0 Å². The van der Waals surface area contributed by atoms with Crippen LogP contribution in [-0.4, -0.2) is 6.10 Å². The number of nitrogens with zero attached hydrogens (tertiary/aromatic N) is 1. The Balaban J connectivity index is 3.34. The molecule has 0 aliphatic rings. The predicted octanol–water partition coefficient (Wildman–Crippen LogP) is 2.76. The Labute approximate surface area is 84.9 Å². The number of rotatable bonds is 2. The van der Waals surface area contributed by atoms with Crippen LogP contribution in [0.1, 0.15) is 19.4 Å². The first-order valence-electron chi connectivity index (χ1n) is 4.21. The third kappa shape index (κ3) is 2.21. The molecule has 0 saturated heterocycles. The van der Waals surface area contributed by atoms with Crippen LogP contribution in [-0.2, 0) is 0 Å². The maximum Gasteiger partial charge on any atom is 0.192 e. The van der Waals surface area contributed by atoms with Gasteiger partial charge >= 0.3 is 0 Å². The van der Waals surface area contributed by atoms with Gasteiger partial charge in [0.25, 0.3) is 0 Å². The summed E-state index contributed by atoms with van der Waals surface area (Å²) in [6.45, 7) is 3.13. The highest BCUT2D eigenvalue weighted by molar-refractivity contribution is 5.40. The summed E-state index contributed by atoms with van der Waals surface area (Å²) >= 11 is 0. The second kappa shape index (κ2) is 4.22. The van der Waals surface area contributed by atoms with Crippen molar-refractivity contribution in [3.8, 4) is 11.8 Å². The zero-order chi connectivity index (χ0) is 11.6. The molecule has 0 radical (unpaired) electrons. The number of benzene rings is 1. The Kier molecular flexibility index (Phi) is 3.20. The second-order valence-electron chi connectivity index (χ2n) is 3.14. The average Bonchev–Trinajstić information content (AvgIpc) is 2.12. The monoisotopic (exact) mass is 215 g/mol. The molecule has 5 heteroatoms. The molecule has 0 fully saturated rings. The van der Waals surface area contributed by atoms with Crippen molar-refractivity contribution in [1.29, 1.82) is 5.26 Å². The fourth-order valence-corrected chi connectivity index (χ4v) is 1.02. The van der Waals surface area contributed by atoms with E-state index in [9.17, 15) is 13.2 Å². The topological polar surface area (TPSA) is 33.0 Å². The normalized spacial score (nSPS) is 10.2. The summed E-state index contributed by atoms with van der Waals surface area (Å²) in [5.41, 5.74) is -0.841.